The summed E-state index contributed by atoms with van der Waals surface area (Å²) in [6, 6.07) is 6.76. The molecule has 10 nitrogen and oxygen atoms in total. The average molecular weight is 421 g/mol. The lowest BCUT2D eigenvalue weighted by Gasteiger charge is -2.04. The summed E-state index contributed by atoms with van der Waals surface area (Å²) in [5.41, 5.74) is -0.182. The van der Waals surface area contributed by atoms with Crippen molar-refractivity contribution in [2.24, 2.45) is 0 Å². The number of ether oxygens (including phenoxy) is 1. The van der Waals surface area contributed by atoms with Crippen molar-refractivity contribution in [1.29, 1.82) is 0 Å². The number of fused-ring (bicyclic) bond motifs is 1. The maximum absolute atomic E-state index is 12.3. The van der Waals surface area contributed by atoms with Crippen LogP contribution in [-0.2, 0) is 11.5 Å². The number of carbonyl (C=O) groups excluding carboxylic acids is 2. The third-order valence-corrected chi connectivity index (χ3v) is 3.99. The number of halogens is 1. The van der Waals surface area contributed by atoms with E-state index < -0.39 is 11.6 Å². The van der Waals surface area contributed by atoms with Crippen molar-refractivity contribution >= 4 is 33.3 Å². The van der Waals surface area contributed by atoms with Gasteiger partial charge in [0.2, 0.25) is 0 Å². The second-order valence-corrected chi connectivity index (χ2v) is 6.10. The molecule has 0 unspecified atom stereocenters. The Morgan fingerprint density at radius 2 is 2.00 bits per heavy atom. The molecular formula is C15H13BrN6O4. The van der Waals surface area contributed by atoms with Gasteiger partial charge in [0.05, 0.1) is 6.54 Å². The molecule has 0 aliphatic heterocycles. The van der Waals surface area contributed by atoms with E-state index >= 15 is 0 Å². The largest absolute Gasteiger partial charge is 0.362 e. The van der Waals surface area contributed by atoms with Crippen molar-refractivity contribution in [3.05, 3.63) is 56.8 Å². The van der Waals surface area contributed by atoms with Crippen LogP contribution >= 0.6 is 15.9 Å². The van der Waals surface area contributed by atoms with Crippen LogP contribution in [0.1, 0.15) is 20.8 Å². The van der Waals surface area contributed by atoms with E-state index in [-0.39, 0.29) is 30.4 Å². The number of imidazole rings is 1. The number of benzene rings is 1. The van der Waals surface area contributed by atoms with Gasteiger partial charge >= 0.3 is 5.69 Å². The fourth-order valence-electron chi connectivity index (χ4n) is 2.18. The van der Waals surface area contributed by atoms with Gasteiger partial charge in [0, 0.05) is 17.1 Å². The van der Waals surface area contributed by atoms with Crippen LogP contribution in [0.3, 0.4) is 0 Å². The molecule has 0 saturated carbocycles. The molecule has 1 N–H and O–H groups in total. The lowest BCUT2D eigenvalue weighted by molar-refractivity contribution is 0.0902. The number of aromatic nitrogens is 5. The van der Waals surface area contributed by atoms with E-state index in [1.807, 2.05) is 0 Å². The van der Waals surface area contributed by atoms with Crippen molar-refractivity contribution in [2.45, 2.75) is 6.73 Å². The number of methoxy groups -OCH3 is 1. The molecule has 0 radical (unpaired) electrons. The Kier molecular flexibility index (Phi) is 5.19. The zero-order valence-electron chi connectivity index (χ0n) is 13.5. The van der Waals surface area contributed by atoms with Crippen LogP contribution in [0, 0.1) is 0 Å². The van der Waals surface area contributed by atoms with Crippen molar-refractivity contribution in [2.75, 3.05) is 13.7 Å². The van der Waals surface area contributed by atoms with E-state index in [2.05, 4.69) is 36.5 Å². The minimum absolute atomic E-state index is 0.00376. The predicted molar refractivity (Wildman–Crippen MR) is 92.9 cm³/mol. The molecule has 0 aliphatic carbocycles. The third-order valence-electron chi connectivity index (χ3n) is 3.46. The van der Waals surface area contributed by atoms with Crippen LogP contribution in [0.5, 0.6) is 0 Å². The summed E-state index contributed by atoms with van der Waals surface area (Å²) in [6.45, 7) is -0.295. The van der Waals surface area contributed by atoms with Crippen LogP contribution in [0.15, 0.2) is 39.9 Å². The van der Waals surface area contributed by atoms with E-state index in [1.54, 1.807) is 24.3 Å². The summed E-state index contributed by atoms with van der Waals surface area (Å²) in [4.78, 5) is 40.4. The molecule has 3 rings (SSSR count). The smallest absolute Gasteiger partial charge is 0.355 e. The Bertz CT molecular complexity index is 1030. The summed E-state index contributed by atoms with van der Waals surface area (Å²) in [5.74, 6) is -0.890. The molecule has 3 aromatic rings. The first kappa shape index (κ1) is 17.9. The van der Waals surface area contributed by atoms with Gasteiger partial charge in [-0.15, -0.1) is 5.10 Å². The topological polar surface area (TPSA) is 120 Å². The van der Waals surface area contributed by atoms with Gasteiger partial charge in [0.25, 0.3) is 5.91 Å². The first-order chi connectivity index (χ1) is 12.5. The molecule has 0 aliphatic rings. The van der Waals surface area contributed by atoms with Gasteiger partial charge in [-0.2, -0.15) is 4.68 Å². The number of ketones is 1. The Hall–Kier alpha value is -2.92. The average Bonchev–Trinajstić information content (AvgIpc) is 3.07. The number of amides is 1. The third kappa shape index (κ3) is 3.53. The van der Waals surface area contributed by atoms with E-state index in [1.165, 1.54) is 13.4 Å². The van der Waals surface area contributed by atoms with Crippen LogP contribution < -0.4 is 11.0 Å². The van der Waals surface area contributed by atoms with Crippen molar-refractivity contribution in [3.63, 3.8) is 0 Å². The van der Waals surface area contributed by atoms with Crippen molar-refractivity contribution in [1.82, 2.24) is 29.7 Å². The fraction of sp³-hybridized carbons (Fsp3) is 0.200. The van der Waals surface area contributed by atoms with Crippen LogP contribution in [0.25, 0.3) is 5.65 Å². The zero-order chi connectivity index (χ0) is 18.7. The van der Waals surface area contributed by atoms with Gasteiger partial charge in [-0.1, -0.05) is 33.3 Å². The van der Waals surface area contributed by atoms with Crippen LogP contribution in [0.4, 0.5) is 0 Å². The zero-order valence-corrected chi connectivity index (χ0v) is 15.1. The lowest BCUT2D eigenvalue weighted by Crippen LogP contribution is -2.32. The fourth-order valence-corrected chi connectivity index (χ4v) is 2.45. The minimum Gasteiger partial charge on any atom is -0.362 e. The first-order valence-corrected chi connectivity index (χ1v) is 8.17. The summed E-state index contributed by atoms with van der Waals surface area (Å²) >= 11 is 3.29. The Morgan fingerprint density at radius 1 is 1.27 bits per heavy atom. The molecule has 1 amide bonds. The van der Waals surface area contributed by atoms with Gasteiger partial charge in [-0.3, -0.25) is 9.59 Å². The maximum Gasteiger partial charge on any atom is 0.355 e. The molecule has 0 atom stereocenters. The second kappa shape index (κ2) is 7.54. The SMILES string of the molecule is COCn1nnc2c(C(=O)NCC(=O)c3ccc(Br)cc3)ncn2c1=O. The maximum atomic E-state index is 12.3. The van der Waals surface area contributed by atoms with Crippen molar-refractivity contribution < 1.29 is 14.3 Å². The standard InChI is InChI=1S/C15H13BrN6O4/c1-26-8-22-15(25)21-7-18-12(13(21)19-20-22)14(24)17-6-11(23)9-2-4-10(16)5-3-9/h2-5,7H,6,8H2,1H3,(H,17,24). The molecule has 0 saturated heterocycles. The summed E-state index contributed by atoms with van der Waals surface area (Å²) < 4.78 is 7.74. The summed E-state index contributed by atoms with van der Waals surface area (Å²) in [5, 5.41) is 9.97. The first-order valence-electron chi connectivity index (χ1n) is 7.38. The van der Waals surface area contributed by atoms with E-state index in [9.17, 15) is 14.4 Å². The van der Waals surface area contributed by atoms with Gasteiger partial charge in [0.15, 0.2) is 17.1 Å². The number of Topliss-reactive ketones (excluding diaryl/α,β-unsaturated/α-hetero) is 1. The number of carbonyl (C=O) groups is 2. The molecular weight excluding hydrogens is 408 g/mol. The number of hydrogen-bond acceptors (Lipinski definition) is 7. The highest BCUT2D eigenvalue weighted by molar-refractivity contribution is 9.10. The Labute approximate surface area is 154 Å². The van der Waals surface area contributed by atoms with Gasteiger partial charge in [-0.25, -0.2) is 14.2 Å². The number of rotatable bonds is 6. The monoisotopic (exact) mass is 420 g/mol. The second-order valence-electron chi connectivity index (χ2n) is 5.19. The highest BCUT2D eigenvalue weighted by Crippen LogP contribution is 2.11. The molecule has 0 fully saturated rings. The molecule has 2 heterocycles. The Morgan fingerprint density at radius 3 is 2.69 bits per heavy atom. The highest BCUT2D eigenvalue weighted by atomic mass is 79.9. The Balaban J connectivity index is 1.76. The summed E-state index contributed by atoms with van der Waals surface area (Å²) in [6.07, 6.45) is 1.17. The van der Waals surface area contributed by atoms with Gasteiger partial charge < -0.3 is 10.1 Å². The van der Waals surface area contributed by atoms with E-state index in [0.717, 1.165) is 13.6 Å². The molecule has 0 bridgehead atoms. The normalized spacial score (nSPS) is 10.8. The van der Waals surface area contributed by atoms with Crippen LogP contribution in [-0.4, -0.2) is 49.7 Å². The van der Waals surface area contributed by atoms with Gasteiger partial charge in [-0.05, 0) is 12.1 Å². The summed E-state index contributed by atoms with van der Waals surface area (Å²) in [7, 11) is 1.41. The highest BCUT2D eigenvalue weighted by Gasteiger charge is 2.18. The molecule has 0 spiro atoms. The predicted octanol–water partition coefficient (Wildman–Crippen LogP) is 0.265. The van der Waals surface area contributed by atoms with Gasteiger partial charge in [0.1, 0.15) is 13.1 Å². The van der Waals surface area contributed by atoms with E-state index in [0.29, 0.717) is 5.56 Å². The molecule has 134 valence electrons. The molecule has 11 heteroatoms. The quantitative estimate of drug-likeness (QED) is 0.567. The molecule has 26 heavy (non-hydrogen) atoms. The lowest BCUT2D eigenvalue weighted by atomic mass is 10.1. The van der Waals surface area contributed by atoms with E-state index in [4.69, 9.17) is 4.74 Å². The molecule has 2 aromatic heterocycles. The van der Waals surface area contributed by atoms with Crippen LogP contribution in [0.2, 0.25) is 0 Å². The minimum atomic E-state index is -0.629. The number of hydrogen-bond donors (Lipinski definition) is 1. The number of nitrogens with one attached hydrogen (secondary N) is 1. The molecule has 1 aromatic carbocycles. The number of nitrogens with zero attached hydrogens (tertiary/aromatic N) is 5. The van der Waals surface area contributed by atoms with Crippen molar-refractivity contribution in [3.8, 4) is 0 Å².